The number of nitrogens with zero attached hydrogens (tertiary/aromatic N) is 3. The van der Waals surface area contributed by atoms with Crippen molar-refractivity contribution in [2.24, 2.45) is 22.9 Å². The first-order valence-corrected chi connectivity index (χ1v) is 14.3. The van der Waals surface area contributed by atoms with Crippen LogP contribution in [-0.4, -0.2) is 54.5 Å². The first kappa shape index (κ1) is 33.4. The van der Waals surface area contributed by atoms with Crippen molar-refractivity contribution in [3.63, 3.8) is 0 Å². The minimum Gasteiger partial charge on any atom is -0.458 e. The molecule has 1 aromatic carbocycles. The van der Waals surface area contributed by atoms with Crippen LogP contribution >= 0.6 is 0 Å². The lowest BCUT2D eigenvalue weighted by Gasteiger charge is -2.28. The summed E-state index contributed by atoms with van der Waals surface area (Å²) < 4.78 is 5.06. The number of carbonyl (C=O) groups excluding carboxylic acids is 4. The minimum absolute atomic E-state index is 0.0474. The SMILES string of the molecule is CC(C)C[C@H](NC(=O)[C@H](Cc1ccccc1)N=[N+]=[N-])C(=O)N[C@@H](CC(C)C)C(=O)N[C@@H](CC(C)C)C1=CCOC1=O. The fraction of sp³-hybridized carbons (Fsp3) is 0.600. The molecule has 0 saturated carbocycles. The highest BCUT2D eigenvalue weighted by Crippen LogP contribution is 2.19. The fourth-order valence-electron chi connectivity index (χ4n) is 4.70. The van der Waals surface area contributed by atoms with Gasteiger partial charge in [0.05, 0.1) is 11.6 Å². The van der Waals surface area contributed by atoms with Crippen LogP contribution in [0.2, 0.25) is 0 Å². The van der Waals surface area contributed by atoms with E-state index >= 15 is 0 Å². The van der Waals surface area contributed by atoms with Crippen molar-refractivity contribution in [3.8, 4) is 0 Å². The van der Waals surface area contributed by atoms with Gasteiger partial charge < -0.3 is 20.7 Å². The van der Waals surface area contributed by atoms with E-state index in [9.17, 15) is 19.2 Å². The molecule has 1 aromatic rings. The minimum atomic E-state index is -1.05. The number of hydrogen-bond donors (Lipinski definition) is 3. The average molecular weight is 569 g/mol. The number of esters is 1. The summed E-state index contributed by atoms with van der Waals surface area (Å²) in [5.74, 6) is -1.63. The molecule has 0 saturated heterocycles. The highest BCUT2D eigenvalue weighted by atomic mass is 16.5. The maximum Gasteiger partial charge on any atom is 0.336 e. The molecule has 11 nitrogen and oxygen atoms in total. The van der Waals surface area contributed by atoms with Gasteiger partial charge in [-0.2, -0.15) is 0 Å². The average Bonchev–Trinajstić information content (AvgIpc) is 3.32. The van der Waals surface area contributed by atoms with Gasteiger partial charge in [0.2, 0.25) is 17.7 Å². The summed E-state index contributed by atoms with van der Waals surface area (Å²) in [6.45, 7) is 11.9. The summed E-state index contributed by atoms with van der Waals surface area (Å²) in [4.78, 5) is 55.2. The molecule has 0 fully saturated rings. The standard InChI is InChI=1S/C30H44N6O5/c1-18(2)14-23(22-12-13-41-30(22)40)32-27(37)24(15-19(3)4)33-28(38)25(16-20(5)6)34-29(39)26(35-36-31)17-21-10-8-7-9-11-21/h7-12,18-20,23-26H,13-17H2,1-6H3,(H,32,37)(H,33,38)(H,34,39)/t23-,24-,25-,26-/m0/s1. The summed E-state index contributed by atoms with van der Waals surface area (Å²) in [6.07, 6.45) is 3.06. The summed E-state index contributed by atoms with van der Waals surface area (Å²) in [5, 5.41) is 12.2. The number of azide groups is 1. The van der Waals surface area contributed by atoms with Crippen LogP contribution in [0.15, 0.2) is 47.1 Å². The summed E-state index contributed by atoms with van der Waals surface area (Å²) in [6, 6.07) is 5.73. The van der Waals surface area contributed by atoms with E-state index in [2.05, 4.69) is 26.0 Å². The van der Waals surface area contributed by atoms with Gasteiger partial charge in [-0.25, -0.2) is 4.79 Å². The topological polar surface area (TPSA) is 162 Å². The van der Waals surface area contributed by atoms with Crippen LogP contribution in [0.3, 0.4) is 0 Å². The highest BCUT2D eigenvalue weighted by Gasteiger charge is 2.33. The molecule has 0 aromatic heterocycles. The Kier molecular flexibility index (Phi) is 13.4. The molecule has 2 rings (SSSR count). The molecule has 0 unspecified atom stereocenters. The van der Waals surface area contributed by atoms with Crippen molar-refractivity contribution in [1.29, 1.82) is 0 Å². The monoisotopic (exact) mass is 568 g/mol. The normalized spacial score (nSPS) is 15.8. The van der Waals surface area contributed by atoms with Gasteiger partial charge >= 0.3 is 5.97 Å². The van der Waals surface area contributed by atoms with Crippen LogP contribution in [0, 0.1) is 17.8 Å². The molecule has 0 aliphatic carbocycles. The zero-order valence-electron chi connectivity index (χ0n) is 24.9. The lowest BCUT2D eigenvalue weighted by Crippen LogP contribution is -2.56. The van der Waals surface area contributed by atoms with Crippen molar-refractivity contribution in [3.05, 3.63) is 58.0 Å². The number of amides is 3. The van der Waals surface area contributed by atoms with Crippen LogP contribution in [0.1, 0.15) is 66.4 Å². The third-order valence-electron chi connectivity index (χ3n) is 6.60. The molecule has 1 heterocycles. The van der Waals surface area contributed by atoms with Gasteiger partial charge in [-0.3, -0.25) is 14.4 Å². The van der Waals surface area contributed by atoms with Gasteiger partial charge in [-0.15, -0.1) is 0 Å². The Hall–Kier alpha value is -3.85. The second-order valence-electron chi connectivity index (χ2n) is 11.7. The Morgan fingerprint density at radius 3 is 1.88 bits per heavy atom. The number of benzene rings is 1. The molecule has 3 N–H and O–H groups in total. The molecular formula is C30H44N6O5. The van der Waals surface area contributed by atoms with Gasteiger partial charge in [0, 0.05) is 4.91 Å². The Morgan fingerprint density at radius 2 is 1.39 bits per heavy atom. The van der Waals surface area contributed by atoms with Crippen LogP contribution in [-0.2, 0) is 30.3 Å². The predicted molar refractivity (Wildman–Crippen MR) is 156 cm³/mol. The van der Waals surface area contributed by atoms with Gasteiger partial charge in [-0.05, 0) is 60.6 Å². The smallest absolute Gasteiger partial charge is 0.336 e. The quantitative estimate of drug-likeness (QED) is 0.119. The molecule has 1 aliphatic heterocycles. The number of rotatable bonds is 16. The first-order chi connectivity index (χ1) is 19.4. The Bertz CT molecular complexity index is 1130. The number of cyclic esters (lactones) is 1. The molecule has 0 bridgehead atoms. The predicted octanol–water partition coefficient (Wildman–Crippen LogP) is 3.98. The van der Waals surface area contributed by atoms with E-state index in [4.69, 9.17) is 10.3 Å². The van der Waals surface area contributed by atoms with E-state index in [-0.39, 0.29) is 30.8 Å². The number of nitrogens with one attached hydrogen (secondary N) is 3. The van der Waals surface area contributed by atoms with Crippen LogP contribution in [0.5, 0.6) is 0 Å². The van der Waals surface area contributed by atoms with Gasteiger partial charge in [0.15, 0.2) is 0 Å². The molecule has 224 valence electrons. The third-order valence-corrected chi connectivity index (χ3v) is 6.60. The summed E-state index contributed by atoms with van der Waals surface area (Å²) in [7, 11) is 0. The maximum absolute atomic E-state index is 13.5. The van der Waals surface area contributed by atoms with Crippen LogP contribution in [0.25, 0.3) is 10.4 Å². The molecule has 3 amide bonds. The van der Waals surface area contributed by atoms with Crippen molar-refractivity contribution < 1.29 is 23.9 Å². The zero-order chi connectivity index (χ0) is 30.5. The molecule has 11 heteroatoms. The van der Waals surface area contributed by atoms with Crippen LogP contribution < -0.4 is 16.0 Å². The number of ether oxygens (including phenoxy) is 1. The van der Waals surface area contributed by atoms with Gasteiger partial charge in [-0.1, -0.05) is 77.0 Å². The summed E-state index contributed by atoms with van der Waals surface area (Å²) >= 11 is 0. The van der Waals surface area contributed by atoms with Crippen molar-refractivity contribution in [2.45, 2.75) is 91.4 Å². The second-order valence-corrected chi connectivity index (χ2v) is 11.7. The Balaban J connectivity index is 2.21. The fourth-order valence-corrected chi connectivity index (χ4v) is 4.70. The maximum atomic E-state index is 13.5. The first-order valence-electron chi connectivity index (χ1n) is 14.3. The molecule has 1 aliphatic rings. The summed E-state index contributed by atoms with van der Waals surface area (Å²) in [5.41, 5.74) is 10.3. The Morgan fingerprint density at radius 1 is 0.854 bits per heavy atom. The van der Waals surface area contributed by atoms with Gasteiger partial charge in [0.1, 0.15) is 24.7 Å². The van der Waals surface area contributed by atoms with Gasteiger partial charge in [0.25, 0.3) is 0 Å². The second kappa shape index (κ2) is 16.4. The highest BCUT2D eigenvalue weighted by molar-refractivity contribution is 5.95. The largest absolute Gasteiger partial charge is 0.458 e. The van der Waals surface area contributed by atoms with E-state index in [1.54, 1.807) is 6.08 Å². The third kappa shape index (κ3) is 11.3. The molecule has 0 radical (unpaired) electrons. The van der Waals surface area contributed by atoms with E-state index in [0.29, 0.717) is 24.8 Å². The zero-order valence-corrected chi connectivity index (χ0v) is 24.9. The lowest BCUT2D eigenvalue weighted by atomic mass is 9.95. The molecule has 4 atom stereocenters. The van der Waals surface area contributed by atoms with Crippen molar-refractivity contribution in [2.75, 3.05) is 6.61 Å². The van der Waals surface area contributed by atoms with Crippen molar-refractivity contribution >= 4 is 23.7 Å². The number of hydrogen-bond acceptors (Lipinski definition) is 6. The molecule has 41 heavy (non-hydrogen) atoms. The van der Waals surface area contributed by atoms with Crippen LogP contribution in [0.4, 0.5) is 0 Å². The van der Waals surface area contributed by atoms with E-state index in [1.165, 1.54) is 0 Å². The van der Waals surface area contributed by atoms with E-state index in [0.717, 1.165) is 5.56 Å². The molecular weight excluding hydrogens is 524 g/mol. The molecule has 0 spiro atoms. The van der Waals surface area contributed by atoms with E-state index < -0.39 is 47.9 Å². The lowest BCUT2D eigenvalue weighted by molar-refractivity contribution is -0.136. The van der Waals surface area contributed by atoms with Crippen molar-refractivity contribution in [1.82, 2.24) is 16.0 Å². The Labute approximate surface area is 242 Å². The number of carbonyl (C=O) groups is 4. The van der Waals surface area contributed by atoms with E-state index in [1.807, 2.05) is 71.9 Å².